The Hall–Kier alpha value is -0.370. The number of hydrogen-bond donors (Lipinski definition) is 1. The number of hydrogen-bond acceptors (Lipinski definition) is 2. The van der Waals surface area contributed by atoms with Crippen LogP contribution in [0.5, 0.6) is 0 Å². The molecule has 1 rings (SSSR count). The lowest BCUT2D eigenvalue weighted by atomic mass is 9.76. The molecule has 0 radical (unpaired) electrons. The van der Waals surface area contributed by atoms with Gasteiger partial charge in [-0.2, -0.15) is 0 Å². The molecule has 0 aromatic carbocycles. The van der Waals surface area contributed by atoms with E-state index in [9.17, 15) is 4.79 Å². The van der Waals surface area contributed by atoms with Gasteiger partial charge in [-0.05, 0) is 32.4 Å². The van der Waals surface area contributed by atoms with E-state index in [0.717, 1.165) is 45.2 Å². The van der Waals surface area contributed by atoms with E-state index < -0.39 is 0 Å². The SMILES string of the molecule is CCCCC(=O)C1(C)CCNCC1. The number of Topliss-reactive ketones (excluding diaryl/α,β-unsaturated/α-hetero) is 1. The highest BCUT2D eigenvalue weighted by atomic mass is 16.1. The molecule has 0 aromatic rings. The topological polar surface area (TPSA) is 29.1 Å². The van der Waals surface area contributed by atoms with Gasteiger partial charge in [0.05, 0.1) is 0 Å². The van der Waals surface area contributed by atoms with Gasteiger partial charge in [-0.1, -0.05) is 20.3 Å². The Bertz CT molecular complexity index is 171. The highest BCUT2D eigenvalue weighted by Crippen LogP contribution is 2.30. The molecule has 2 nitrogen and oxygen atoms in total. The highest BCUT2D eigenvalue weighted by Gasteiger charge is 2.33. The molecule has 0 aliphatic carbocycles. The van der Waals surface area contributed by atoms with Crippen molar-refractivity contribution < 1.29 is 4.79 Å². The number of piperidine rings is 1. The minimum atomic E-state index is -0.0135. The third-order valence-electron chi connectivity index (χ3n) is 3.14. The summed E-state index contributed by atoms with van der Waals surface area (Å²) in [5.74, 6) is 0.482. The van der Waals surface area contributed by atoms with E-state index in [1.807, 2.05) is 0 Å². The first-order valence-corrected chi connectivity index (χ1v) is 5.43. The lowest BCUT2D eigenvalue weighted by Crippen LogP contribution is -2.39. The quantitative estimate of drug-likeness (QED) is 0.723. The van der Waals surface area contributed by atoms with Crippen LogP contribution in [-0.4, -0.2) is 18.9 Å². The molecule has 0 bridgehead atoms. The zero-order valence-electron chi connectivity index (χ0n) is 8.86. The van der Waals surface area contributed by atoms with Gasteiger partial charge in [0, 0.05) is 11.8 Å². The second kappa shape index (κ2) is 4.75. The predicted molar refractivity (Wildman–Crippen MR) is 54.7 cm³/mol. The number of carbonyl (C=O) groups is 1. The van der Waals surface area contributed by atoms with E-state index >= 15 is 0 Å². The molecule has 2 heteroatoms. The van der Waals surface area contributed by atoms with Crippen LogP contribution >= 0.6 is 0 Å². The third kappa shape index (κ3) is 2.80. The molecular formula is C11H21NO. The molecule has 76 valence electrons. The van der Waals surface area contributed by atoms with E-state index in [1.54, 1.807) is 0 Å². The van der Waals surface area contributed by atoms with Gasteiger partial charge >= 0.3 is 0 Å². The summed E-state index contributed by atoms with van der Waals surface area (Å²) in [5.41, 5.74) is -0.0135. The lowest BCUT2D eigenvalue weighted by Gasteiger charge is -2.32. The average Bonchev–Trinajstić information content (AvgIpc) is 2.15. The first-order valence-electron chi connectivity index (χ1n) is 5.43. The molecule has 0 spiro atoms. The van der Waals surface area contributed by atoms with Gasteiger partial charge in [0.15, 0.2) is 0 Å². The minimum Gasteiger partial charge on any atom is -0.317 e. The van der Waals surface area contributed by atoms with Crippen molar-refractivity contribution >= 4 is 5.78 Å². The number of unbranched alkanes of at least 4 members (excludes halogenated alkanes) is 1. The van der Waals surface area contributed by atoms with E-state index in [4.69, 9.17) is 0 Å². The summed E-state index contributed by atoms with van der Waals surface area (Å²) in [4.78, 5) is 11.9. The molecule has 0 unspecified atom stereocenters. The number of rotatable bonds is 4. The number of ketones is 1. The van der Waals surface area contributed by atoms with Crippen LogP contribution in [0.15, 0.2) is 0 Å². The summed E-state index contributed by atoms with van der Waals surface area (Å²) in [7, 11) is 0. The van der Waals surface area contributed by atoms with E-state index in [1.165, 1.54) is 0 Å². The van der Waals surface area contributed by atoms with Crippen LogP contribution in [0.3, 0.4) is 0 Å². The Morgan fingerprint density at radius 1 is 1.38 bits per heavy atom. The van der Waals surface area contributed by atoms with Gasteiger partial charge in [0.1, 0.15) is 5.78 Å². The van der Waals surface area contributed by atoms with Crippen LogP contribution in [-0.2, 0) is 4.79 Å². The van der Waals surface area contributed by atoms with Crippen molar-refractivity contribution in [3.63, 3.8) is 0 Å². The third-order valence-corrected chi connectivity index (χ3v) is 3.14. The molecule has 1 fully saturated rings. The van der Waals surface area contributed by atoms with Crippen molar-refractivity contribution in [1.29, 1.82) is 0 Å². The molecule has 1 N–H and O–H groups in total. The molecular weight excluding hydrogens is 162 g/mol. The van der Waals surface area contributed by atoms with Gasteiger partial charge in [-0.25, -0.2) is 0 Å². The lowest BCUT2D eigenvalue weighted by molar-refractivity contribution is -0.129. The van der Waals surface area contributed by atoms with Crippen LogP contribution in [0.4, 0.5) is 0 Å². The second-order valence-electron chi connectivity index (χ2n) is 4.34. The monoisotopic (exact) mass is 183 g/mol. The predicted octanol–water partition coefficient (Wildman–Crippen LogP) is 2.14. The van der Waals surface area contributed by atoms with Crippen LogP contribution in [0.1, 0.15) is 46.0 Å². The molecule has 1 heterocycles. The van der Waals surface area contributed by atoms with E-state index in [2.05, 4.69) is 19.2 Å². The van der Waals surface area contributed by atoms with Crippen LogP contribution < -0.4 is 5.32 Å². The normalized spacial score (nSPS) is 21.4. The fraction of sp³-hybridized carbons (Fsp3) is 0.909. The Labute approximate surface area is 81.1 Å². The molecule has 13 heavy (non-hydrogen) atoms. The van der Waals surface area contributed by atoms with Crippen molar-refractivity contribution in [1.82, 2.24) is 5.32 Å². The Kier molecular flexibility index (Phi) is 3.91. The van der Waals surface area contributed by atoms with Gasteiger partial charge in [0.2, 0.25) is 0 Å². The number of carbonyl (C=O) groups excluding carboxylic acids is 1. The Morgan fingerprint density at radius 2 is 2.00 bits per heavy atom. The maximum atomic E-state index is 11.9. The van der Waals surface area contributed by atoms with E-state index in [-0.39, 0.29) is 5.41 Å². The van der Waals surface area contributed by atoms with Gasteiger partial charge < -0.3 is 5.32 Å². The first kappa shape index (κ1) is 10.7. The van der Waals surface area contributed by atoms with Crippen molar-refractivity contribution in [2.45, 2.75) is 46.0 Å². The maximum absolute atomic E-state index is 11.9. The summed E-state index contributed by atoms with van der Waals surface area (Å²) >= 11 is 0. The summed E-state index contributed by atoms with van der Waals surface area (Å²) in [6.45, 7) is 6.28. The molecule has 0 amide bonds. The Balaban J connectivity index is 2.42. The molecule has 1 aliphatic heterocycles. The summed E-state index contributed by atoms with van der Waals surface area (Å²) in [5, 5.41) is 3.30. The van der Waals surface area contributed by atoms with Crippen molar-refractivity contribution in [2.24, 2.45) is 5.41 Å². The average molecular weight is 183 g/mol. The molecule has 0 atom stereocenters. The highest BCUT2D eigenvalue weighted by molar-refractivity contribution is 5.84. The summed E-state index contributed by atoms with van der Waals surface area (Å²) < 4.78 is 0. The maximum Gasteiger partial charge on any atom is 0.138 e. The van der Waals surface area contributed by atoms with E-state index in [0.29, 0.717) is 5.78 Å². The fourth-order valence-electron chi connectivity index (χ4n) is 1.90. The first-order chi connectivity index (χ1) is 6.19. The van der Waals surface area contributed by atoms with Gasteiger partial charge in [-0.3, -0.25) is 4.79 Å². The standard InChI is InChI=1S/C11H21NO/c1-3-4-5-10(13)11(2)6-8-12-9-7-11/h12H,3-9H2,1-2H3. The van der Waals surface area contributed by atoms with Crippen LogP contribution in [0.2, 0.25) is 0 Å². The molecule has 0 aromatic heterocycles. The largest absolute Gasteiger partial charge is 0.317 e. The molecule has 1 aliphatic rings. The second-order valence-corrected chi connectivity index (χ2v) is 4.34. The van der Waals surface area contributed by atoms with Crippen molar-refractivity contribution in [3.8, 4) is 0 Å². The summed E-state index contributed by atoms with van der Waals surface area (Å²) in [6, 6.07) is 0. The van der Waals surface area contributed by atoms with Crippen molar-refractivity contribution in [3.05, 3.63) is 0 Å². The zero-order valence-corrected chi connectivity index (χ0v) is 8.86. The van der Waals surface area contributed by atoms with Crippen molar-refractivity contribution in [2.75, 3.05) is 13.1 Å². The molecule has 0 saturated carbocycles. The Morgan fingerprint density at radius 3 is 2.54 bits per heavy atom. The summed E-state index contributed by atoms with van der Waals surface area (Å²) in [6.07, 6.45) is 5.01. The smallest absolute Gasteiger partial charge is 0.138 e. The van der Waals surface area contributed by atoms with Gasteiger partial charge in [-0.15, -0.1) is 0 Å². The fourth-order valence-corrected chi connectivity index (χ4v) is 1.90. The number of nitrogens with one attached hydrogen (secondary N) is 1. The zero-order chi connectivity index (χ0) is 9.73. The van der Waals surface area contributed by atoms with Gasteiger partial charge in [0.25, 0.3) is 0 Å². The molecule has 1 saturated heterocycles. The minimum absolute atomic E-state index is 0.0135. The van der Waals surface area contributed by atoms with Crippen LogP contribution in [0.25, 0.3) is 0 Å². The van der Waals surface area contributed by atoms with Crippen LogP contribution in [0, 0.1) is 5.41 Å².